The van der Waals surface area contributed by atoms with Crippen molar-refractivity contribution in [3.8, 4) is 0 Å². The van der Waals surface area contributed by atoms with Crippen LogP contribution in [0.2, 0.25) is 5.15 Å². The molecule has 0 bridgehead atoms. The molecule has 1 fully saturated rings. The highest BCUT2D eigenvalue weighted by Gasteiger charge is 2.45. The summed E-state index contributed by atoms with van der Waals surface area (Å²) in [5, 5.41) is 11.4. The smallest absolute Gasteiger partial charge is 0.136 e. The number of rotatable bonds is 4. The van der Waals surface area contributed by atoms with Crippen molar-refractivity contribution in [2.75, 3.05) is 0 Å². The Morgan fingerprint density at radius 1 is 1.43 bits per heavy atom. The van der Waals surface area contributed by atoms with Gasteiger partial charge in [0.1, 0.15) is 22.1 Å². The number of aliphatic hydroxyl groups is 1. The second kappa shape index (κ2) is 7.23. The van der Waals surface area contributed by atoms with Gasteiger partial charge in [-0.05, 0) is 58.1 Å². The molecule has 1 aromatic heterocycles. The fourth-order valence-corrected chi connectivity index (χ4v) is 3.74. The molecule has 1 aliphatic rings. The maximum atomic E-state index is 13.5. The lowest BCUT2D eigenvalue weighted by Gasteiger charge is -2.41. The zero-order valence-electron chi connectivity index (χ0n) is 13.7. The highest BCUT2D eigenvalue weighted by atomic mass is 35.5. The molecule has 0 amide bonds. The van der Waals surface area contributed by atoms with Gasteiger partial charge in [0, 0.05) is 17.6 Å². The average Bonchev–Trinajstić information content (AvgIpc) is 2.48. The second-order valence-corrected chi connectivity index (χ2v) is 9.51. The van der Waals surface area contributed by atoms with Gasteiger partial charge in [0.2, 0.25) is 0 Å². The number of nitrogens with zero attached hydrogens (tertiary/aromatic N) is 1. The summed E-state index contributed by atoms with van der Waals surface area (Å²) in [6.07, 6.45) is 1.92. The second-order valence-electron chi connectivity index (χ2n) is 7.12. The van der Waals surface area contributed by atoms with Crippen LogP contribution in [0.1, 0.15) is 58.1 Å². The van der Waals surface area contributed by atoms with Gasteiger partial charge in [-0.1, -0.05) is 17.7 Å². The summed E-state index contributed by atoms with van der Waals surface area (Å²) in [4.78, 5) is 4.05. The minimum atomic E-state index is -1.37. The zero-order chi connectivity index (χ0) is 17.3. The number of alkyl halides is 1. The molecule has 1 saturated carbocycles. The van der Waals surface area contributed by atoms with Crippen molar-refractivity contribution in [1.82, 2.24) is 9.71 Å². The molecular formula is C16H24ClFN2O2S. The summed E-state index contributed by atoms with van der Waals surface area (Å²) in [5.41, 5.74) is -0.453. The normalized spacial score (nSPS) is 28.4. The molecule has 0 aliphatic heterocycles. The lowest BCUT2D eigenvalue weighted by atomic mass is 9.77. The lowest BCUT2D eigenvalue weighted by molar-refractivity contribution is -0.0409. The van der Waals surface area contributed by atoms with Crippen molar-refractivity contribution in [3.63, 3.8) is 0 Å². The van der Waals surface area contributed by atoms with Crippen LogP contribution in [0.5, 0.6) is 0 Å². The summed E-state index contributed by atoms with van der Waals surface area (Å²) in [7, 11) is 0. The van der Waals surface area contributed by atoms with Gasteiger partial charge in [0.15, 0.2) is 0 Å². The minimum absolute atomic E-state index is 0.303. The van der Waals surface area contributed by atoms with Gasteiger partial charge >= 0.3 is 0 Å². The molecule has 2 N–H and O–H groups in total. The Morgan fingerprint density at radius 2 is 2.04 bits per heavy atom. The third-order valence-corrected chi connectivity index (χ3v) is 5.97. The molecule has 0 saturated heterocycles. The maximum Gasteiger partial charge on any atom is 0.136 e. The van der Waals surface area contributed by atoms with Crippen molar-refractivity contribution in [3.05, 3.63) is 29.0 Å². The highest BCUT2D eigenvalue weighted by molar-refractivity contribution is 7.90. The average molecular weight is 363 g/mol. The van der Waals surface area contributed by atoms with Crippen LogP contribution in [-0.2, 0) is 11.4 Å². The van der Waals surface area contributed by atoms with E-state index in [4.69, 9.17) is 11.6 Å². The fourth-order valence-electron chi connectivity index (χ4n) is 2.70. The third-order valence-electron chi connectivity index (χ3n) is 4.18. The molecule has 1 unspecified atom stereocenters. The largest absolute Gasteiger partial charge is 0.598 e. The van der Waals surface area contributed by atoms with Gasteiger partial charge in [-0.15, -0.1) is 4.72 Å². The summed E-state index contributed by atoms with van der Waals surface area (Å²) in [5.74, 6) is 0. The quantitative estimate of drug-likeness (QED) is 0.635. The molecule has 0 aromatic carbocycles. The highest BCUT2D eigenvalue weighted by Crippen LogP contribution is 2.40. The van der Waals surface area contributed by atoms with Crippen LogP contribution < -0.4 is 4.72 Å². The molecule has 130 valence electrons. The van der Waals surface area contributed by atoms with Crippen LogP contribution in [0.15, 0.2) is 18.3 Å². The SMILES string of the molecule is CC(C)(C)[S+]([O-])N[C@@H](c1ccc(Cl)nc1)[C@]1(O)CC[C@@H](F)CC1. The molecule has 4 nitrogen and oxygen atoms in total. The van der Waals surface area contributed by atoms with Crippen LogP contribution in [0.25, 0.3) is 0 Å². The summed E-state index contributed by atoms with van der Waals surface area (Å²) in [6.45, 7) is 5.57. The molecule has 1 aliphatic carbocycles. The van der Waals surface area contributed by atoms with Gasteiger partial charge in [-0.2, -0.15) is 0 Å². The van der Waals surface area contributed by atoms with E-state index < -0.39 is 33.9 Å². The van der Waals surface area contributed by atoms with E-state index >= 15 is 0 Å². The topological polar surface area (TPSA) is 68.2 Å². The molecule has 2 atom stereocenters. The predicted octanol–water partition coefficient (Wildman–Crippen LogP) is 3.47. The van der Waals surface area contributed by atoms with E-state index in [2.05, 4.69) is 9.71 Å². The Hall–Kier alpha value is -0.400. The van der Waals surface area contributed by atoms with Crippen LogP contribution in [0.3, 0.4) is 0 Å². The monoisotopic (exact) mass is 362 g/mol. The van der Waals surface area contributed by atoms with Crippen LogP contribution >= 0.6 is 11.6 Å². The van der Waals surface area contributed by atoms with E-state index in [-0.39, 0.29) is 0 Å². The van der Waals surface area contributed by atoms with Gasteiger partial charge < -0.3 is 9.66 Å². The summed E-state index contributed by atoms with van der Waals surface area (Å²) >= 11 is 4.46. The molecule has 0 radical (unpaired) electrons. The van der Waals surface area contributed by atoms with Gasteiger partial charge in [-0.3, -0.25) is 0 Å². The van der Waals surface area contributed by atoms with E-state index in [9.17, 15) is 14.0 Å². The van der Waals surface area contributed by atoms with Gasteiger partial charge in [0.25, 0.3) is 0 Å². The summed E-state index contributed by atoms with van der Waals surface area (Å²) < 4.78 is 28.6. The number of aromatic nitrogens is 1. The standard InChI is InChI=1S/C16H24ClFN2O2S/c1-15(2,3)23(22)20-14(11-4-5-13(17)19-10-11)16(21)8-6-12(18)7-9-16/h4-5,10,12,14,20-21H,6-9H2,1-3H3/t12-,14-,16+,23?/m0/s1. The maximum absolute atomic E-state index is 13.5. The first-order valence-corrected chi connectivity index (χ1v) is 9.30. The van der Waals surface area contributed by atoms with E-state index in [1.165, 1.54) is 0 Å². The zero-order valence-corrected chi connectivity index (χ0v) is 15.3. The predicted molar refractivity (Wildman–Crippen MR) is 91.3 cm³/mol. The molecule has 0 spiro atoms. The van der Waals surface area contributed by atoms with Crippen molar-refractivity contribution in [2.24, 2.45) is 0 Å². The number of halogens is 2. The van der Waals surface area contributed by atoms with Gasteiger partial charge in [-0.25, -0.2) is 9.37 Å². The fraction of sp³-hybridized carbons (Fsp3) is 0.688. The van der Waals surface area contributed by atoms with Crippen LogP contribution in [0.4, 0.5) is 4.39 Å². The van der Waals surface area contributed by atoms with E-state index in [0.717, 1.165) is 0 Å². The minimum Gasteiger partial charge on any atom is -0.598 e. The van der Waals surface area contributed by atoms with Crippen LogP contribution in [0, 0.1) is 0 Å². The Kier molecular flexibility index (Phi) is 5.95. The van der Waals surface area contributed by atoms with Crippen molar-refractivity contribution in [1.29, 1.82) is 0 Å². The molecular weight excluding hydrogens is 339 g/mol. The first-order chi connectivity index (χ1) is 10.6. The number of hydrogen-bond acceptors (Lipinski definition) is 4. The summed E-state index contributed by atoms with van der Waals surface area (Å²) in [6, 6.07) is 2.81. The number of nitrogens with one attached hydrogen (secondary N) is 1. The molecule has 23 heavy (non-hydrogen) atoms. The van der Waals surface area contributed by atoms with E-state index in [1.54, 1.807) is 18.3 Å². The Bertz CT molecular complexity index is 516. The Balaban J connectivity index is 2.29. The van der Waals surface area contributed by atoms with Gasteiger partial charge in [0.05, 0.1) is 5.60 Å². The first kappa shape index (κ1) is 18.9. The molecule has 7 heteroatoms. The molecule has 1 heterocycles. The van der Waals surface area contributed by atoms with E-state index in [0.29, 0.717) is 36.4 Å². The number of pyridine rings is 1. The number of hydrogen-bond donors (Lipinski definition) is 2. The molecule has 2 rings (SSSR count). The van der Waals surface area contributed by atoms with Crippen LogP contribution in [-0.4, -0.2) is 31.2 Å². The Morgan fingerprint density at radius 3 is 2.52 bits per heavy atom. The van der Waals surface area contributed by atoms with E-state index in [1.807, 2.05) is 20.8 Å². The lowest BCUT2D eigenvalue weighted by Crippen LogP contribution is -2.51. The first-order valence-electron chi connectivity index (χ1n) is 7.78. The van der Waals surface area contributed by atoms with Crippen molar-refractivity contribution < 1.29 is 14.0 Å². The third kappa shape index (κ3) is 4.79. The molecule has 1 aromatic rings. The van der Waals surface area contributed by atoms with Crippen molar-refractivity contribution in [2.45, 2.75) is 69.0 Å². The van der Waals surface area contributed by atoms with Crippen molar-refractivity contribution >= 4 is 23.0 Å². The Labute approximate surface area is 145 Å².